The molecule has 0 aliphatic carbocycles. The smallest absolute Gasteiger partial charge is 0.0592 e. The minimum atomic E-state index is 0.575. The van der Waals surface area contributed by atoms with Gasteiger partial charge < -0.3 is 5.32 Å². The van der Waals surface area contributed by atoms with Gasteiger partial charge in [0.05, 0.1) is 6.17 Å². The van der Waals surface area contributed by atoms with Gasteiger partial charge in [-0.15, -0.1) is 0 Å². The Morgan fingerprint density at radius 2 is 1.69 bits per heavy atom. The molecule has 1 unspecified atom stereocenters. The molecule has 1 atom stereocenters. The van der Waals surface area contributed by atoms with Crippen LogP contribution in [0.4, 0.5) is 0 Å². The molecule has 2 nitrogen and oxygen atoms in total. The van der Waals surface area contributed by atoms with Gasteiger partial charge in [0, 0.05) is 0 Å². The summed E-state index contributed by atoms with van der Waals surface area (Å²) in [5.41, 5.74) is 0. The first-order valence-corrected chi connectivity index (χ1v) is 5.62. The second-order valence-electron chi connectivity index (χ2n) is 3.93. The molecule has 0 rings (SSSR count). The van der Waals surface area contributed by atoms with Gasteiger partial charge in [-0.25, -0.2) is 0 Å². The maximum Gasteiger partial charge on any atom is 0.0592 e. The summed E-state index contributed by atoms with van der Waals surface area (Å²) in [5, 5.41) is 3.58. The van der Waals surface area contributed by atoms with E-state index in [4.69, 9.17) is 0 Å². The van der Waals surface area contributed by atoms with Crippen molar-refractivity contribution in [2.75, 3.05) is 20.6 Å². The van der Waals surface area contributed by atoms with Gasteiger partial charge in [-0.2, -0.15) is 0 Å². The Morgan fingerprint density at radius 3 is 2.15 bits per heavy atom. The van der Waals surface area contributed by atoms with Gasteiger partial charge in [-0.05, 0) is 33.5 Å². The lowest BCUT2D eigenvalue weighted by Gasteiger charge is -2.25. The highest BCUT2D eigenvalue weighted by atomic mass is 15.2. The van der Waals surface area contributed by atoms with Gasteiger partial charge in [0.2, 0.25) is 0 Å². The molecule has 1 N–H and O–H groups in total. The molecule has 80 valence electrons. The van der Waals surface area contributed by atoms with E-state index in [1.165, 1.54) is 32.1 Å². The molecule has 0 amide bonds. The van der Waals surface area contributed by atoms with E-state index in [9.17, 15) is 0 Å². The van der Waals surface area contributed by atoms with E-state index < -0.39 is 0 Å². The molecule has 0 spiro atoms. The fraction of sp³-hybridized carbons (Fsp3) is 1.00. The van der Waals surface area contributed by atoms with Crippen molar-refractivity contribution >= 4 is 0 Å². The van der Waals surface area contributed by atoms with Gasteiger partial charge in [-0.3, -0.25) is 4.90 Å². The van der Waals surface area contributed by atoms with E-state index in [0.29, 0.717) is 6.17 Å². The van der Waals surface area contributed by atoms with Crippen LogP contribution in [0.2, 0.25) is 0 Å². The Morgan fingerprint density at radius 1 is 1.08 bits per heavy atom. The lowest BCUT2D eigenvalue weighted by atomic mass is 10.2. The van der Waals surface area contributed by atoms with Gasteiger partial charge in [0.1, 0.15) is 0 Å². The maximum absolute atomic E-state index is 3.58. The predicted molar refractivity (Wildman–Crippen MR) is 59.9 cm³/mol. The molecule has 0 aliphatic heterocycles. The van der Waals surface area contributed by atoms with Crippen LogP contribution in [0.5, 0.6) is 0 Å². The Balaban J connectivity index is 3.54. The predicted octanol–water partition coefficient (Wildman–Crippen LogP) is 2.45. The normalized spacial score (nSPS) is 13.6. The zero-order valence-corrected chi connectivity index (χ0v) is 9.77. The van der Waals surface area contributed by atoms with Crippen LogP contribution < -0.4 is 5.32 Å². The molecular weight excluding hydrogens is 160 g/mol. The van der Waals surface area contributed by atoms with Crippen molar-refractivity contribution in [2.24, 2.45) is 0 Å². The van der Waals surface area contributed by atoms with Crippen LogP contribution >= 0.6 is 0 Å². The molecule has 0 fully saturated rings. The van der Waals surface area contributed by atoms with E-state index in [-0.39, 0.29) is 0 Å². The number of nitrogens with one attached hydrogen (secondary N) is 1. The SMILES string of the molecule is CCCCNC(CCCC)N(C)C. The number of rotatable bonds is 8. The number of hydrogen-bond donors (Lipinski definition) is 1. The summed E-state index contributed by atoms with van der Waals surface area (Å²) >= 11 is 0. The summed E-state index contributed by atoms with van der Waals surface area (Å²) in [7, 11) is 4.30. The van der Waals surface area contributed by atoms with E-state index in [0.717, 1.165) is 6.54 Å². The van der Waals surface area contributed by atoms with Gasteiger partial charge >= 0.3 is 0 Å². The van der Waals surface area contributed by atoms with Crippen LogP contribution in [-0.2, 0) is 0 Å². The molecule has 2 heteroatoms. The Bertz CT molecular complexity index is 102. The van der Waals surface area contributed by atoms with Crippen LogP contribution in [0.25, 0.3) is 0 Å². The summed E-state index contributed by atoms with van der Waals surface area (Å²) in [4.78, 5) is 2.28. The standard InChI is InChI=1S/C11H26N2/c1-5-7-9-11(13(3)4)12-10-8-6-2/h11-12H,5-10H2,1-4H3. The van der Waals surface area contributed by atoms with Crippen LogP contribution in [0, 0.1) is 0 Å². The molecule has 0 aliphatic rings. The quantitative estimate of drug-likeness (QED) is 0.463. The molecule has 0 radical (unpaired) electrons. The van der Waals surface area contributed by atoms with E-state index in [1.54, 1.807) is 0 Å². The summed E-state index contributed by atoms with van der Waals surface area (Å²) in [6, 6.07) is 0. The average molecular weight is 186 g/mol. The Kier molecular flexibility index (Phi) is 8.46. The average Bonchev–Trinajstić information content (AvgIpc) is 2.10. The third kappa shape index (κ3) is 7.03. The summed E-state index contributed by atoms with van der Waals surface area (Å²) in [6.45, 7) is 5.64. The first-order valence-electron chi connectivity index (χ1n) is 5.62. The van der Waals surface area contributed by atoms with Crippen molar-refractivity contribution in [3.8, 4) is 0 Å². The molecule has 0 heterocycles. The zero-order chi connectivity index (χ0) is 10.1. The molecule has 0 bridgehead atoms. The molecule has 0 aromatic rings. The number of unbranched alkanes of at least 4 members (excludes halogenated alkanes) is 2. The van der Waals surface area contributed by atoms with Crippen LogP contribution in [0.1, 0.15) is 46.0 Å². The first kappa shape index (κ1) is 12.9. The van der Waals surface area contributed by atoms with E-state index >= 15 is 0 Å². The van der Waals surface area contributed by atoms with Crippen molar-refractivity contribution < 1.29 is 0 Å². The maximum atomic E-state index is 3.58. The van der Waals surface area contributed by atoms with Gasteiger partial charge in [-0.1, -0.05) is 33.1 Å². The minimum Gasteiger partial charge on any atom is -0.302 e. The first-order chi connectivity index (χ1) is 6.22. The molecule has 0 saturated heterocycles. The van der Waals surface area contributed by atoms with Crippen molar-refractivity contribution in [3.05, 3.63) is 0 Å². The van der Waals surface area contributed by atoms with Crippen molar-refractivity contribution in [1.29, 1.82) is 0 Å². The van der Waals surface area contributed by atoms with Gasteiger partial charge in [0.25, 0.3) is 0 Å². The van der Waals surface area contributed by atoms with Crippen molar-refractivity contribution in [3.63, 3.8) is 0 Å². The highest BCUT2D eigenvalue weighted by molar-refractivity contribution is 4.63. The topological polar surface area (TPSA) is 15.3 Å². The highest BCUT2D eigenvalue weighted by Gasteiger charge is 2.08. The largest absolute Gasteiger partial charge is 0.302 e. The van der Waals surface area contributed by atoms with E-state index in [2.05, 4.69) is 38.2 Å². The van der Waals surface area contributed by atoms with Crippen LogP contribution in [0.3, 0.4) is 0 Å². The van der Waals surface area contributed by atoms with Crippen molar-refractivity contribution in [1.82, 2.24) is 10.2 Å². The molecule has 13 heavy (non-hydrogen) atoms. The monoisotopic (exact) mass is 186 g/mol. The lowest BCUT2D eigenvalue weighted by Crippen LogP contribution is -2.41. The fourth-order valence-electron chi connectivity index (χ4n) is 1.39. The highest BCUT2D eigenvalue weighted by Crippen LogP contribution is 2.02. The molecule has 0 aromatic carbocycles. The van der Waals surface area contributed by atoms with Crippen LogP contribution in [-0.4, -0.2) is 31.7 Å². The molecule has 0 saturated carbocycles. The molecular formula is C11H26N2. The fourth-order valence-corrected chi connectivity index (χ4v) is 1.39. The minimum absolute atomic E-state index is 0.575. The zero-order valence-electron chi connectivity index (χ0n) is 9.77. The van der Waals surface area contributed by atoms with Gasteiger partial charge in [0.15, 0.2) is 0 Å². The summed E-state index contributed by atoms with van der Waals surface area (Å²) in [6.07, 6.45) is 7.03. The second kappa shape index (κ2) is 8.52. The molecule has 0 aromatic heterocycles. The number of hydrogen-bond acceptors (Lipinski definition) is 2. The third-order valence-electron chi connectivity index (χ3n) is 2.36. The Labute approximate surface area is 83.7 Å². The second-order valence-corrected chi connectivity index (χ2v) is 3.93. The summed E-state index contributed by atoms with van der Waals surface area (Å²) < 4.78 is 0. The lowest BCUT2D eigenvalue weighted by molar-refractivity contribution is 0.228. The summed E-state index contributed by atoms with van der Waals surface area (Å²) in [5.74, 6) is 0. The van der Waals surface area contributed by atoms with E-state index in [1.807, 2.05) is 0 Å². The van der Waals surface area contributed by atoms with Crippen LogP contribution in [0.15, 0.2) is 0 Å². The number of nitrogens with zero attached hydrogens (tertiary/aromatic N) is 1. The Hall–Kier alpha value is -0.0800. The van der Waals surface area contributed by atoms with Crippen molar-refractivity contribution in [2.45, 2.75) is 52.1 Å². The third-order valence-corrected chi connectivity index (χ3v) is 2.36.